The number of hydrogen-bond acceptors (Lipinski definition) is 4. The van der Waals surface area contributed by atoms with Gasteiger partial charge in [0.25, 0.3) is 5.90 Å². The molecule has 5 heteroatoms. The van der Waals surface area contributed by atoms with Crippen LogP contribution in [0.1, 0.15) is 18.2 Å². The summed E-state index contributed by atoms with van der Waals surface area (Å²) in [4.78, 5) is 16.3. The Morgan fingerprint density at radius 3 is 2.87 bits per heavy atom. The van der Waals surface area contributed by atoms with Gasteiger partial charge in [-0.3, -0.25) is 0 Å². The highest BCUT2D eigenvalue weighted by molar-refractivity contribution is 6.12. The van der Waals surface area contributed by atoms with Crippen LogP contribution in [-0.4, -0.2) is 16.4 Å². The van der Waals surface area contributed by atoms with E-state index in [0.29, 0.717) is 5.76 Å². The molecule has 23 heavy (non-hydrogen) atoms. The number of rotatable bonds is 3. The smallest absolute Gasteiger partial charge is 0.363 e. The highest BCUT2D eigenvalue weighted by Crippen LogP contribution is 2.26. The summed E-state index contributed by atoms with van der Waals surface area (Å²) in [5.41, 5.74) is 2.35. The van der Waals surface area contributed by atoms with E-state index < -0.39 is 5.97 Å². The number of fused-ring (bicyclic) bond motifs is 1. The van der Waals surface area contributed by atoms with Crippen LogP contribution in [0.4, 0.5) is 0 Å². The summed E-state index contributed by atoms with van der Waals surface area (Å²) in [6, 6.07) is 11.5. The van der Waals surface area contributed by atoms with Crippen LogP contribution >= 0.6 is 0 Å². The largest absolute Gasteiger partial charge is 0.459 e. The van der Waals surface area contributed by atoms with Crippen LogP contribution in [0.3, 0.4) is 0 Å². The van der Waals surface area contributed by atoms with E-state index in [2.05, 4.69) is 22.5 Å². The van der Waals surface area contributed by atoms with Gasteiger partial charge < -0.3 is 13.7 Å². The number of carbonyl (C=O) groups is 1. The molecule has 1 aliphatic heterocycles. The molecule has 5 nitrogen and oxygen atoms in total. The lowest BCUT2D eigenvalue weighted by Crippen LogP contribution is -2.04. The number of aliphatic imine (C=N–C) groups is 1. The molecule has 0 atom stereocenters. The van der Waals surface area contributed by atoms with Crippen LogP contribution in [0.15, 0.2) is 64.0 Å². The Bertz CT molecular complexity index is 946. The molecule has 2 aromatic heterocycles. The fraction of sp³-hybridized carbons (Fsp3) is 0.111. The summed E-state index contributed by atoms with van der Waals surface area (Å²) >= 11 is 0. The summed E-state index contributed by atoms with van der Waals surface area (Å²) in [6.45, 7) is 2.94. The number of benzene rings is 1. The molecule has 114 valence electrons. The van der Waals surface area contributed by atoms with E-state index in [4.69, 9.17) is 9.15 Å². The average Bonchev–Trinajstić information content (AvgIpc) is 3.28. The number of furan rings is 1. The lowest BCUT2D eigenvalue weighted by molar-refractivity contribution is -0.130. The van der Waals surface area contributed by atoms with Crippen LogP contribution in [0.2, 0.25) is 0 Å². The fourth-order valence-corrected chi connectivity index (χ4v) is 2.71. The topological polar surface area (TPSA) is 56.7 Å². The van der Waals surface area contributed by atoms with Crippen LogP contribution in [0.5, 0.6) is 0 Å². The van der Waals surface area contributed by atoms with E-state index in [0.717, 1.165) is 23.0 Å². The maximum absolute atomic E-state index is 12.0. The van der Waals surface area contributed by atoms with E-state index >= 15 is 0 Å². The molecular weight excluding hydrogens is 292 g/mol. The van der Waals surface area contributed by atoms with Crippen molar-refractivity contribution in [3.63, 3.8) is 0 Å². The second-order valence-corrected chi connectivity index (χ2v) is 5.20. The van der Waals surface area contributed by atoms with E-state index in [1.54, 1.807) is 18.2 Å². The lowest BCUT2D eigenvalue weighted by atomic mass is 10.1. The van der Waals surface area contributed by atoms with E-state index in [9.17, 15) is 4.79 Å². The third kappa shape index (κ3) is 2.26. The van der Waals surface area contributed by atoms with Gasteiger partial charge in [-0.1, -0.05) is 18.2 Å². The van der Waals surface area contributed by atoms with Crippen LogP contribution in [0, 0.1) is 0 Å². The minimum Gasteiger partial charge on any atom is -0.459 e. The molecule has 0 bridgehead atoms. The van der Waals surface area contributed by atoms with Crippen molar-refractivity contribution in [1.82, 2.24) is 4.57 Å². The predicted octanol–water partition coefficient (Wildman–Crippen LogP) is 3.60. The molecule has 0 aliphatic carbocycles. The first-order valence-corrected chi connectivity index (χ1v) is 7.40. The van der Waals surface area contributed by atoms with Crippen molar-refractivity contribution in [2.75, 3.05) is 0 Å². The van der Waals surface area contributed by atoms with Gasteiger partial charge >= 0.3 is 5.97 Å². The zero-order chi connectivity index (χ0) is 15.8. The monoisotopic (exact) mass is 306 g/mol. The zero-order valence-corrected chi connectivity index (χ0v) is 12.5. The van der Waals surface area contributed by atoms with Crippen molar-refractivity contribution >= 4 is 28.8 Å². The van der Waals surface area contributed by atoms with E-state index in [1.165, 1.54) is 6.26 Å². The first kappa shape index (κ1) is 13.6. The Morgan fingerprint density at radius 2 is 2.09 bits per heavy atom. The van der Waals surface area contributed by atoms with Gasteiger partial charge in [0.2, 0.25) is 0 Å². The van der Waals surface area contributed by atoms with Gasteiger partial charge in [-0.15, -0.1) is 0 Å². The molecule has 3 heterocycles. The summed E-state index contributed by atoms with van der Waals surface area (Å²) in [5, 5.41) is 1.08. The second kappa shape index (κ2) is 5.28. The lowest BCUT2D eigenvalue weighted by Gasteiger charge is -1.97. The van der Waals surface area contributed by atoms with Gasteiger partial charge in [0.15, 0.2) is 11.5 Å². The highest BCUT2D eigenvalue weighted by atomic mass is 16.6. The van der Waals surface area contributed by atoms with Crippen molar-refractivity contribution < 1.29 is 13.9 Å². The van der Waals surface area contributed by atoms with Crippen molar-refractivity contribution in [3.8, 4) is 0 Å². The third-order valence-corrected chi connectivity index (χ3v) is 3.80. The normalized spacial score (nSPS) is 16.1. The predicted molar refractivity (Wildman–Crippen MR) is 86.9 cm³/mol. The molecule has 0 unspecified atom stereocenters. The number of hydrogen-bond donors (Lipinski definition) is 0. The van der Waals surface area contributed by atoms with Crippen LogP contribution in [0.25, 0.3) is 17.0 Å². The third-order valence-electron chi connectivity index (χ3n) is 3.80. The molecular formula is C18H14N2O3. The number of aromatic nitrogens is 1. The SMILES string of the molecule is CCn1cc(/C=C2/N=C(c3ccco3)OC2=O)c2ccccc21. The Labute approximate surface area is 132 Å². The van der Waals surface area contributed by atoms with Gasteiger partial charge in [0.05, 0.1) is 6.26 Å². The molecule has 0 radical (unpaired) electrons. The molecule has 0 spiro atoms. The zero-order valence-electron chi connectivity index (χ0n) is 12.5. The van der Waals surface area contributed by atoms with Gasteiger partial charge in [0, 0.05) is 29.2 Å². The Balaban J connectivity index is 1.80. The van der Waals surface area contributed by atoms with Gasteiger partial charge in [0.1, 0.15) is 0 Å². The molecule has 0 saturated carbocycles. The molecule has 4 rings (SSSR count). The summed E-state index contributed by atoms with van der Waals surface area (Å²) in [7, 11) is 0. The standard InChI is InChI=1S/C18H14N2O3/c1-2-20-11-12(13-6-3-4-7-15(13)20)10-14-18(21)23-17(19-14)16-8-5-9-22-16/h3-11H,2H2,1H3/b14-10+. The molecule has 0 N–H and O–H groups in total. The van der Waals surface area contributed by atoms with E-state index in [1.807, 2.05) is 24.4 Å². The molecule has 0 amide bonds. The summed E-state index contributed by atoms with van der Waals surface area (Å²) in [6.07, 6.45) is 5.29. The molecule has 0 saturated heterocycles. The Hall–Kier alpha value is -3.08. The highest BCUT2D eigenvalue weighted by Gasteiger charge is 2.26. The fourth-order valence-electron chi connectivity index (χ4n) is 2.71. The van der Waals surface area contributed by atoms with Gasteiger partial charge in [-0.25, -0.2) is 9.79 Å². The number of aryl methyl sites for hydroxylation is 1. The molecule has 1 aliphatic rings. The maximum Gasteiger partial charge on any atom is 0.363 e. The van der Waals surface area contributed by atoms with Crippen LogP contribution in [-0.2, 0) is 16.1 Å². The summed E-state index contributed by atoms with van der Waals surface area (Å²) in [5.74, 6) is 0.174. The van der Waals surface area contributed by atoms with Crippen molar-refractivity contribution in [2.45, 2.75) is 13.5 Å². The number of esters is 1. The van der Waals surface area contributed by atoms with Crippen molar-refractivity contribution in [3.05, 3.63) is 65.9 Å². The number of ether oxygens (including phenoxy) is 1. The minimum atomic E-state index is -0.468. The Kier molecular flexibility index (Phi) is 3.12. The quantitative estimate of drug-likeness (QED) is 0.549. The first-order chi connectivity index (χ1) is 11.3. The number of nitrogens with zero attached hydrogens (tertiary/aromatic N) is 2. The second-order valence-electron chi connectivity index (χ2n) is 5.20. The average molecular weight is 306 g/mol. The van der Waals surface area contributed by atoms with Crippen LogP contribution < -0.4 is 0 Å². The molecule has 3 aromatic rings. The van der Waals surface area contributed by atoms with Crippen molar-refractivity contribution in [1.29, 1.82) is 0 Å². The minimum absolute atomic E-state index is 0.200. The number of para-hydroxylation sites is 1. The van der Waals surface area contributed by atoms with E-state index in [-0.39, 0.29) is 11.6 Å². The number of carbonyl (C=O) groups excluding carboxylic acids is 1. The van der Waals surface area contributed by atoms with Gasteiger partial charge in [-0.2, -0.15) is 0 Å². The van der Waals surface area contributed by atoms with Gasteiger partial charge in [-0.05, 0) is 31.2 Å². The summed E-state index contributed by atoms with van der Waals surface area (Å²) < 4.78 is 12.5. The maximum atomic E-state index is 12.0. The van der Waals surface area contributed by atoms with Crippen molar-refractivity contribution in [2.24, 2.45) is 4.99 Å². The molecule has 0 fully saturated rings. The Morgan fingerprint density at radius 1 is 1.22 bits per heavy atom. The first-order valence-electron chi connectivity index (χ1n) is 7.40. The molecule has 1 aromatic carbocycles. The number of cyclic esters (lactones) is 1.